The number of benzene rings is 1. The molecule has 1 amide bonds. The Morgan fingerprint density at radius 3 is 2.58 bits per heavy atom. The van der Waals surface area contributed by atoms with Crippen LogP contribution >= 0.6 is 0 Å². The van der Waals surface area contributed by atoms with E-state index in [1.165, 1.54) is 5.56 Å². The lowest BCUT2D eigenvalue weighted by molar-refractivity contribution is -0.116. The summed E-state index contributed by atoms with van der Waals surface area (Å²) in [5.74, 6) is 0.380. The second-order valence-electron chi connectivity index (χ2n) is 9.38. The quantitative estimate of drug-likeness (QED) is 0.534. The van der Waals surface area contributed by atoms with Crippen molar-refractivity contribution in [3.8, 4) is 11.3 Å². The minimum atomic E-state index is -0.958. The minimum Gasteiger partial charge on any atom is -0.396 e. The van der Waals surface area contributed by atoms with Crippen LogP contribution in [0.5, 0.6) is 0 Å². The number of hydrogen-bond acceptors (Lipinski definition) is 7. The Morgan fingerprint density at radius 2 is 1.91 bits per heavy atom. The Hall–Kier alpha value is -3.36. The molecule has 3 N–H and O–H groups in total. The van der Waals surface area contributed by atoms with Crippen LogP contribution in [0.25, 0.3) is 11.3 Å². The van der Waals surface area contributed by atoms with Gasteiger partial charge in [0.2, 0.25) is 11.9 Å². The largest absolute Gasteiger partial charge is 0.396 e. The van der Waals surface area contributed by atoms with Crippen LogP contribution in [0.2, 0.25) is 0 Å². The monoisotopic (exact) mass is 445 g/mol. The second-order valence-corrected chi connectivity index (χ2v) is 9.38. The molecule has 0 saturated heterocycles. The number of rotatable bonds is 6. The first-order chi connectivity index (χ1) is 15.8. The molecule has 0 atom stereocenters. The Balaban J connectivity index is 1.44. The Labute approximate surface area is 192 Å². The standard InChI is InChI=1S/C25H27N5O3/c1-24(2,33)17-5-9-26-20(11-17)16-13-27-23(28-14-16)30-15-25(7-8-25)19-4-3-18(12-21(19)30)29-22(32)6-10-31/h3-5,9,11-14,31,33H,6-8,10,15H2,1-2H3,(H,29,32). The molecule has 8 heteroatoms. The molecule has 33 heavy (non-hydrogen) atoms. The highest BCUT2D eigenvalue weighted by Gasteiger charge is 2.52. The molecule has 1 saturated carbocycles. The van der Waals surface area contributed by atoms with Crippen LogP contribution in [0.3, 0.4) is 0 Å². The van der Waals surface area contributed by atoms with E-state index >= 15 is 0 Å². The number of nitrogens with one attached hydrogen (secondary N) is 1. The molecule has 5 rings (SSSR count). The summed E-state index contributed by atoms with van der Waals surface area (Å²) < 4.78 is 0. The van der Waals surface area contributed by atoms with E-state index < -0.39 is 5.60 Å². The molecule has 3 aromatic rings. The molecule has 170 valence electrons. The van der Waals surface area contributed by atoms with Gasteiger partial charge < -0.3 is 20.4 Å². The first-order valence-corrected chi connectivity index (χ1v) is 11.1. The summed E-state index contributed by atoms with van der Waals surface area (Å²) in [6.07, 6.45) is 7.50. The first kappa shape index (κ1) is 21.5. The highest BCUT2D eigenvalue weighted by atomic mass is 16.3. The molecular weight excluding hydrogens is 418 g/mol. The van der Waals surface area contributed by atoms with Crippen molar-refractivity contribution in [2.45, 2.75) is 44.1 Å². The summed E-state index contributed by atoms with van der Waals surface area (Å²) in [5.41, 5.74) is 4.38. The average Bonchev–Trinajstić information content (AvgIpc) is 3.50. The van der Waals surface area contributed by atoms with Gasteiger partial charge in [0.05, 0.1) is 24.3 Å². The molecule has 2 aromatic heterocycles. The number of pyridine rings is 1. The number of fused-ring (bicyclic) bond motifs is 2. The molecule has 2 aliphatic rings. The molecular formula is C25H27N5O3. The summed E-state index contributed by atoms with van der Waals surface area (Å²) in [7, 11) is 0. The zero-order chi connectivity index (χ0) is 23.2. The van der Waals surface area contributed by atoms with Gasteiger partial charge in [-0.25, -0.2) is 9.97 Å². The summed E-state index contributed by atoms with van der Waals surface area (Å²) in [5, 5.41) is 22.1. The van der Waals surface area contributed by atoms with Crippen molar-refractivity contribution in [1.29, 1.82) is 0 Å². The SMILES string of the molecule is CC(C)(O)c1ccnc(-c2cnc(N3CC4(CC4)c4ccc(NC(=O)CCO)cc43)nc2)c1. The van der Waals surface area contributed by atoms with E-state index in [-0.39, 0.29) is 24.3 Å². The van der Waals surface area contributed by atoms with Gasteiger partial charge >= 0.3 is 0 Å². The van der Waals surface area contributed by atoms with Crippen LogP contribution in [0.1, 0.15) is 44.2 Å². The molecule has 0 radical (unpaired) electrons. The van der Waals surface area contributed by atoms with Gasteiger partial charge in [0.25, 0.3) is 0 Å². The van der Waals surface area contributed by atoms with Crippen LogP contribution in [0.4, 0.5) is 17.3 Å². The molecule has 0 bridgehead atoms. The smallest absolute Gasteiger partial charge is 0.229 e. The van der Waals surface area contributed by atoms with E-state index in [2.05, 4.69) is 31.2 Å². The number of hydrogen-bond donors (Lipinski definition) is 3. The van der Waals surface area contributed by atoms with Gasteiger partial charge in [-0.3, -0.25) is 9.78 Å². The third-order valence-electron chi connectivity index (χ3n) is 6.44. The van der Waals surface area contributed by atoms with Gasteiger partial charge in [-0.1, -0.05) is 6.07 Å². The van der Waals surface area contributed by atoms with Gasteiger partial charge in [-0.05, 0) is 62.1 Å². The van der Waals surface area contributed by atoms with Crippen LogP contribution < -0.4 is 10.2 Å². The van der Waals surface area contributed by atoms with Crippen molar-refractivity contribution < 1.29 is 15.0 Å². The summed E-state index contributed by atoms with van der Waals surface area (Å²) in [6, 6.07) is 9.61. The zero-order valence-electron chi connectivity index (χ0n) is 18.7. The number of amides is 1. The average molecular weight is 446 g/mol. The second kappa shape index (κ2) is 7.90. The highest BCUT2D eigenvalue weighted by molar-refractivity contribution is 5.92. The first-order valence-electron chi connectivity index (χ1n) is 11.1. The molecule has 1 aliphatic carbocycles. The van der Waals surface area contributed by atoms with E-state index in [1.54, 1.807) is 38.5 Å². The van der Waals surface area contributed by atoms with Gasteiger partial charge in [-0.2, -0.15) is 0 Å². The topological polar surface area (TPSA) is 111 Å². The number of aliphatic hydroxyl groups is 2. The van der Waals surface area contributed by atoms with Crippen LogP contribution in [0.15, 0.2) is 48.9 Å². The summed E-state index contributed by atoms with van der Waals surface area (Å²) in [4.78, 5) is 27.7. The summed E-state index contributed by atoms with van der Waals surface area (Å²) >= 11 is 0. The number of aromatic nitrogens is 3. The molecule has 1 aliphatic heterocycles. The minimum absolute atomic E-state index is 0.0675. The molecule has 8 nitrogen and oxygen atoms in total. The highest BCUT2D eigenvalue weighted by Crippen LogP contribution is 2.58. The van der Waals surface area contributed by atoms with Gasteiger partial charge in [0.1, 0.15) is 0 Å². The van der Waals surface area contributed by atoms with Gasteiger partial charge in [0.15, 0.2) is 0 Å². The van der Waals surface area contributed by atoms with Crippen LogP contribution in [0, 0.1) is 0 Å². The Kier molecular flexibility index (Phi) is 5.14. The molecule has 3 heterocycles. The molecule has 1 fully saturated rings. The van der Waals surface area contributed by atoms with E-state index in [9.17, 15) is 9.90 Å². The fraction of sp³-hybridized carbons (Fsp3) is 0.360. The summed E-state index contributed by atoms with van der Waals surface area (Å²) in [6.45, 7) is 4.11. The van der Waals surface area contributed by atoms with Crippen molar-refractivity contribution in [2.75, 3.05) is 23.4 Å². The van der Waals surface area contributed by atoms with E-state index in [1.807, 2.05) is 18.2 Å². The van der Waals surface area contributed by atoms with Crippen molar-refractivity contribution >= 4 is 23.2 Å². The fourth-order valence-corrected chi connectivity index (χ4v) is 4.40. The van der Waals surface area contributed by atoms with Crippen LogP contribution in [-0.2, 0) is 15.8 Å². The molecule has 0 unspecified atom stereocenters. The molecule has 1 spiro atoms. The van der Waals surface area contributed by atoms with E-state index in [0.29, 0.717) is 17.3 Å². The number of carbonyl (C=O) groups is 1. The lowest BCUT2D eigenvalue weighted by atomic mass is 9.98. The number of nitrogens with zero attached hydrogens (tertiary/aromatic N) is 4. The predicted octanol–water partition coefficient (Wildman–Crippen LogP) is 3.27. The lowest BCUT2D eigenvalue weighted by Crippen LogP contribution is -2.21. The number of aliphatic hydroxyl groups excluding tert-OH is 1. The third-order valence-corrected chi connectivity index (χ3v) is 6.44. The van der Waals surface area contributed by atoms with Crippen LogP contribution in [-0.4, -0.2) is 44.2 Å². The Bertz CT molecular complexity index is 1200. The maximum Gasteiger partial charge on any atom is 0.229 e. The van der Waals surface area contributed by atoms with Crippen molar-refractivity contribution in [3.05, 3.63) is 60.0 Å². The lowest BCUT2D eigenvalue weighted by Gasteiger charge is -2.19. The molecule has 1 aromatic carbocycles. The number of carbonyl (C=O) groups excluding carboxylic acids is 1. The third kappa shape index (κ3) is 4.07. The van der Waals surface area contributed by atoms with Crippen molar-refractivity contribution in [3.63, 3.8) is 0 Å². The van der Waals surface area contributed by atoms with Gasteiger partial charge in [-0.15, -0.1) is 0 Å². The fourth-order valence-electron chi connectivity index (χ4n) is 4.40. The maximum atomic E-state index is 11.9. The van der Waals surface area contributed by atoms with E-state index in [0.717, 1.165) is 36.2 Å². The van der Waals surface area contributed by atoms with E-state index in [4.69, 9.17) is 5.11 Å². The Morgan fingerprint density at radius 1 is 1.15 bits per heavy atom. The number of anilines is 3. The van der Waals surface area contributed by atoms with Crippen molar-refractivity contribution in [1.82, 2.24) is 15.0 Å². The predicted molar refractivity (Wildman–Crippen MR) is 125 cm³/mol. The maximum absolute atomic E-state index is 11.9. The van der Waals surface area contributed by atoms with Gasteiger partial charge in [0, 0.05) is 47.5 Å². The normalized spacial score (nSPS) is 16.1. The zero-order valence-corrected chi connectivity index (χ0v) is 18.7. The van der Waals surface area contributed by atoms with Crippen molar-refractivity contribution in [2.24, 2.45) is 0 Å².